The van der Waals surface area contributed by atoms with E-state index in [0.29, 0.717) is 36.1 Å². The SMILES string of the molecule is CN(C)c1ccc(C#CC2(O)COC2)cc1OCC(C=O)N1CCC(C(Cl)=NCc2ccccc2)=C(N)C1=O. The molecule has 1 fully saturated rings. The predicted octanol–water partition coefficient (Wildman–Crippen LogP) is 2.09. The average molecular weight is 551 g/mol. The van der Waals surface area contributed by atoms with Gasteiger partial charge in [-0.25, -0.2) is 0 Å². The first-order valence-corrected chi connectivity index (χ1v) is 12.8. The summed E-state index contributed by atoms with van der Waals surface area (Å²) in [6.07, 6.45) is 1.03. The smallest absolute Gasteiger partial charge is 0.270 e. The minimum atomic E-state index is -1.14. The molecule has 0 saturated carbocycles. The molecule has 3 N–H and O–H groups in total. The van der Waals surface area contributed by atoms with Crippen LogP contribution in [-0.4, -0.2) is 79.5 Å². The minimum Gasteiger partial charge on any atom is -0.489 e. The largest absolute Gasteiger partial charge is 0.489 e. The summed E-state index contributed by atoms with van der Waals surface area (Å²) in [4.78, 5) is 32.8. The summed E-state index contributed by atoms with van der Waals surface area (Å²) >= 11 is 6.41. The molecular weight excluding hydrogens is 520 g/mol. The van der Waals surface area contributed by atoms with E-state index in [9.17, 15) is 14.7 Å². The van der Waals surface area contributed by atoms with Crippen LogP contribution in [0.1, 0.15) is 17.5 Å². The third-order valence-corrected chi connectivity index (χ3v) is 6.79. The van der Waals surface area contributed by atoms with Crippen molar-refractivity contribution in [3.8, 4) is 17.6 Å². The molecule has 1 atom stereocenters. The van der Waals surface area contributed by atoms with Crippen molar-refractivity contribution in [2.24, 2.45) is 10.7 Å². The number of benzene rings is 2. The van der Waals surface area contributed by atoms with Crippen molar-refractivity contribution < 1.29 is 24.2 Å². The molecule has 0 aliphatic carbocycles. The van der Waals surface area contributed by atoms with Gasteiger partial charge in [0.1, 0.15) is 35.6 Å². The summed E-state index contributed by atoms with van der Waals surface area (Å²) < 4.78 is 11.1. The number of halogens is 1. The Hall–Kier alpha value is -3.84. The van der Waals surface area contributed by atoms with Crippen LogP contribution in [0.5, 0.6) is 5.75 Å². The van der Waals surface area contributed by atoms with Crippen LogP contribution < -0.4 is 15.4 Å². The number of aldehydes is 1. The molecule has 2 aromatic carbocycles. The first-order chi connectivity index (χ1) is 18.7. The Morgan fingerprint density at radius 2 is 2.05 bits per heavy atom. The third kappa shape index (κ3) is 6.79. The summed E-state index contributed by atoms with van der Waals surface area (Å²) in [6, 6.07) is 14.1. The number of carbonyl (C=O) groups is 2. The molecule has 2 aromatic rings. The monoisotopic (exact) mass is 550 g/mol. The Labute approximate surface area is 232 Å². The van der Waals surface area contributed by atoms with Crippen molar-refractivity contribution in [2.45, 2.75) is 24.6 Å². The average Bonchev–Trinajstić information content (AvgIpc) is 2.92. The first-order valence-electron chi connectivity index (χ1n) is 12.5. The van der Waals surface area contributed by atoms with Gasteiger partial charge in [-0.3, -0.25) is 9.79 Å². The number of anilines is 1. The third-order valence-electron chi connectivity index (χ3n) is 6.44. The lowest BCUT2D eigenvalue weighted by Crippen LogP contribution is -2.49. The van der Waals surface area contributed by atoms with Crippen LogP contribution in [0, 0.1) is 11.8 Å². The van der Waals surface area contributed by atoms with Crippen LogP contribution in [0.25, 0.3) is 0 Å². The highest BCUT2D eigenvalue weighted by Crippen LogP contribution is 2.29. The molecule has 4 rings (SSSR count). The van der Waals surface area contributed by atoms with E-state index in [1.807, 2.05) is 61.5 Å². The second-order valence-corrected chi connectivity index (χ2v) is 9.96. The zero-order chi connectivity index (χ0) is 28.0. The molecule has 1 amide bonds. The molecule has 0 aromatic heterocycles. The van der Waals surface area contributed by atoms with Crippen LogP contribution in [0.4, 0.5) is 5.69 Å². The lowest BCUT2D eigenvalue weighted by molar-refractivity contribution is -0.140. The summed E-state index contributed by atoms with van der Waals surface area (Å²) in [7, 11) is 3.73. The normalized spacial score (nSPS) is 17.6. The molecule has 10 heteroatoms. The van der Waals surface area contributed by atoms with Gasteiger partial charge < -0.3 is 34.9 Å². The highest BCUT2D eigenvalue weighted by molar-refractivity contribution is 6.69. The number of hydrogen-bond donors (Lipinski definition) is 2. The van der Waals surface area contributed by atoms with E-state index in [4.69, 9.17) is 26.8 Å². The Balaban J connectivity index is 1.46. The van der Waals surface area contributed by atoms with Crippen LogP contribution >= 0.6 is 11.6 Å². The highest BCUT2D eigenvalue weighted by Gasteiger charge is 2.34. The van der Waals surface area contributed by atoms with E-state index >= 15 is 0 Å². The van der Waals surface area contributed by atoms with Gasteiger partial charge in [0.05, 0.1) is 25.4 Å². The second-order valence-electron chi connectivity index (χ2n) is 9.60. The van der Waals surface area contributed by atoms with Gasteiger partial charge in [0.25, 0.3) is 5.91 Å². The Morgan fingerprint density at radius 3 is 2.69 bits per heavy atom. The predicted molar refractivity (Wildman–Crippen MR) is 150 cm³/mol. The quantitative estimate of drug-likeness (QED) is 0.279. The fourth-order valence-electron chi connectivity index (χ4n) is 4.13. The van der Waals surface area contributed by atoms with Crippen LogP contribution in [0.2, 0.25) is 0 Å². The number of nitrogens with zero attached hydrogens (tertiary/aromatic N) is 3. The lowest BCUT2D eigenvalue weighted by atomic mass is 10.0. The number of amides is 1. The van der Waals surface area contributed by atoms with Crippen molar-refractivity contribution in [3.05, 3.63) is 70.9 Å². The van der Waals surface area contributed by atoms with Crippen molar-refractivity contribution >= 4 is 34.7 Å². The number of nitrogens with two attached hydrogens (primary N) is 1. The second kappa shape index (κ2) is 12.3. The van der Waals surface area contributed by atoms with Crippen molar-refractivity contribution in [1.29, 1.82) is 0 Å². The standard InChI is InChI=1S/C29H31ClN4O5/c1-33(2)24-9-8-20(10-12-29(37)18-38-19-29)14-25(24)39-17-22(16-35)34-13-11-23(26(31)28(34)36)27(30)32-15-21-6-4-3-5-7-21/h3-9,14,16,22,37H,11,13,15,17-19,31H2,1-2H3. The van der Waals surface area contributed by atoms with E-state index in [1.165, 1.54) is 4.90 Å². The molecule has 2 aliphatic rings. The number of carbonyl (C=O) groups excluding carboxylic acids is 2. The van der Waals surface area contributed by atoms with Gasteiger partial charge in [0, 0.05) is 31.8 Å². The van der Waals surface area contributed by atoms with Crippen molar-refractivity contribution in [1.82, 2.24) is 4.90 Å². The number of hydrogen-bond acceptors (Lipinski definition) is 8. The molecule has 0 spiro atoms. The van der Waals surface area contributed by atoms with Gasteiger partial charge in [-0.2, -0.15) is 0 Å². The molecule has 0 bridgehead atoms. The maximum Gasteiger partial charge on any atom is 0.270 e. The molecule has 1 saturated heterocycles. The molecule has 2 aliphatic heterocycles. The summed E-state index contributed by atoms with van der Waals surface area (Å²) in [5, 5.41) is 10.4. The van der Waals surface area contributed by atoms with Crippen LogP contribution in [0.15, 0.2) is 64.8 Å². The van der Waals surface area contributed by atoms with E-state index in [-0.39, 0.29) is 37.2 Å². The van der Waals surface area contributed by atoms with Gasteiger partial charge in [0.15, 0.2) is 5.60 Å². The van der Waals surface area contributed by atoms with Crippen molar-refractivity contribution in [2.75, 3.05) is 45.4 Å². The lowest BCUT2D eigenvalue weighted by Gasteiger charge is -2.33. The molecule has 204 valence electrons. The summed E-state index contributed by atoms with van der Waals surface area (Å²) in [6.45, 7) is 0.874. The topological polar surface area (TPSA) is 118 Å². The fraction of sp³-hybridized carbons (Fsp3) is 0.345. The minimum absolute atomic E-state index is 0.0286. The molecule has 39 heavy (non-hydrogen) atoms. The first kappa shape index (κ1) is 28.2. The van der Waals surface area contributed by atoms with Crippen LogP contribution in [0.3, 0.4) is 0 Å². The maximum absolute atomic E-state index is 13.1. The Kier molecular flexibility index (Phi) is 8.92. The van der Waals surface area contributed by atoms with Gasteiger partial charge in [-0.15, -0.1) is 0 Å². The molecule has 0 radical (unpaired) electrons. The molecule has 9 nitrogen and oxygen atoms in total. The summed E-state index contributed by atoms with van der Waals surface area (Å²) in [5.41, 5.74) is 7.85. The number of aliphatic imine (C=N–C) groups is 1. The van der Waals surface area contributed by atoms with Gasteiger partial charge in [-0.1, -0.05) is 53.8 Å². The van der Waals surface area contributed by atoms with Gasteiger partial charge in [0.2, 0.25) is 0 Å². The number of rotatable bonds is 9. The fourth-order valence-corrected chi connectivity index (χ4v) is 4.39. The van der Waals surface area contributed by atoms with E-state index in [2.05, 4.69) is 16.8 Å². The number of ether oxygens (including phenoxy) is 2. The van der Waals surface area contributed by atoms with E-state index in [1.54, 1.807) is 6.07 Å². The van der Waals surface area contributed by atoms with Crippen molar-refractivity contribution in [3.63, 3.8) is 0 Å². The van der Waals surface area contributed by atoms with Gasteiger partial charge in [-0.05, 0) is 30.2 Å². The van der Waals surface area contributed by atoms with E-state index in [0.717, 1.165) is 11.3 Å². The van der Waals surface area contributed by atoms with Crippen LogP contribution in [-0.2, 0) is 20.9 Å². The zero-order valence-corrected chi connectivity index (χ0v) is 22.6. The maximum atomic E-state index is 13.1. The van der Waals surface area contributed by atoms with E-state index < -0.39 is 17.6 Å². The Morgan fingerprint density at radius 1 is 1.31 bits per heavy atom. The highest BCUT2D eigenvalue weighted by atomic mass is 35.5. The molecular formula is C29H31ClN4O5. The Bertz CT molecular complexity index is 1340. The molecule has 1 unspecified atom stereocenters. The van der Waals surface area contributed by atoms with Gasteiger partial charge >= 0.3 is 0 Å². The molecule has 2 heterocycles. The zero-order valence-electron chi connectivity index (χ0n) is 21.9. The summed E-state index contributed by atoms with van der Waals surface area (Å²) in [5.74, 6) is 5.76. The number of aliphatic hydroxyl groups is 1.